The van der Waals surface area contributed by atoms with Gasteiger partial charge in [-0.2, -0.15) is 0 Å². The van der Waals surface area contributed by atoms with E-state index in [9.17, 15) is 5.02 Å². The van der Waals surface area contributed by atoms with Crippen molar-refractivity contribution >= 4 is 12.6 Å². The van der Waals surface area contributed by atoms with Gasteiger partial charge in [0.25, 0.3) is 0 Å². The van der Waals surface area contributed by atoms with Crippen molar-refractivity contribution in [3.8, 4) is 0 Å². The van der Waals surface area contributed by atoms with Crippen LogP contribution in [0.1, 0.15) is 60.1 Å². The highest BCUT2D eigenvalue weighted by Gasteiger charge is 2.34. The molecule has 1 aromatic rings. The predicted molar refractivity (Wildman–Crippen MR) is 88.5 cm³/mol. The van der Waals surface area contributed by atoms with E-state index >= 15 is 0 Å². The summed E-state index contributed by atoms with van der Waals surface area (Å²) in [6, 6.07) is 6.33. The van der Waals surface area contributed by atoms with Gasteiger partial charge in [-0.15, -0.1) is 0 Å². The highest BCUT2D eigenvalue weighted by atomic mass is 16.5. The number of fused-ring (bicyclic) bond motifs is 1. The highest BCUT2D eigenvalue weighted by Crippen LogP contribution is 2.25. The summed E-state index contributed by atoms with van der Waals surface area (Å²) in [6.45, 7) is 10.5. The molecule has 0 spiro atoms. The van der Waals surface area contributed by atoms with Crippen molar-refractivity contribution in [1.82, 2.24) is 5.32 Å². The molecule has 3 nitrogen and oxygen atoms in total. The third-order valence-electron chi connectivity index (χ3n) is 3.91. The number of hydrogen-bond acceptors (Lipinski definition) is 3. The minimum absolute atomic E-state index is 0. The fraction of sp³-hybridized carbons (Fsp3) is 0.625. The standard InChI is InChI=1S/C16H26BNO2.2H2/c1-11(2)7-8-18-10-16-14-6-5-13(12(3)4)9-15(14)17(19)20-16;;/h5-6,9,11-12,16,18-19H,7-8,10H2,1-4H3;2*1H. The number of hydrogen-bond donors (Lipinski definition) is 2. The molecule has 0 saturated carbocycles. The van der Waals surface area contributed by atoms with E-state index in [1.807, 2.05) is 0 Å². The largest absolute Gasteiger partial charge is 0.492 e. The molecule has 114 valence electrons. The summed E-state index contributed by atoms with van der Waals surface area (Å²) in [4.78, 5) is 0. The molecule has 0 aromatic heterocycles. The van der Waals surface area contributed by atoms with Crippen molar-refractivity contribution in [3.05, 3.63) is 29.3 Å². The van der Waals surface area contributed by atoms with Crippen LogP contribution in [0.3, 0.4) is 0 Å². The summed E-state index contributed by atoms with van der Waals surface area (Å²) in [5.41, 5.74) is 3.31. The molecule has 0 aliphatic carbocycles. The Morgan fingerprint density at radius 3 is 2.75 bits per heavy atom. The number of nitrogens with one attached hydrogen (secondary N) is 1. The van der Waals surface area contributed by atoms with Crippen LogP contribution in [-0.4, -0.2) is 25.2 Å². The van der Waals surface area contributed by atoms with E-state index in [4.69, 9.17) is 4.65 Å². The molecule has 1 unspecified atom stereocenters. The van der Waals surface area contributed by atoms with E-state index < -0.39 is 7.12 Å². The van der Waals surface area contributed by atoms with E-state index in [-0.39, 0.29) is 8.96 Å². The van der Waals surface area contributed by atoms with Crippen LogP contribution in [0.15, 0.2) is 18.2 Å². The van der Waals surface area contributed by atoms with Crippen molar-refractivity contribution in [1.29, 1.82) is 0 Å². The maximum Gasteiger partial charge on any atom is 0.492 e. The monoisotopic (exact) mass is 279 g/mol. The zero-order chi connectivity index (χ0) is 14.7. The predicted octanol–water partition coefficient (Wildman–Crippen LogP) is 2.70. The topological polar surface area (TPSA) is 41.5 Å². The van der Waals surface area contributed by atoms with Crippen LogP contribution < -0.4 is 10.8 Å². The third-order valence-corrected chi connectivity index (χ3v) is 3.91. The smallest absolute Gasteiger partial charge is 0.423 e. The van der Waals surface area contributed by atoms with E-state index in [0.717, 1.165) is 30.5 Å². The molecule has 4 heteroatoms. The Morgan fingerprint density at radius 1 is 1.35 bits per heavy atom. The molecule has 0 radical (unpaired) electrons. The SMILES string of the molecule is CC(C)CCNCC1OB(O)c2cc(C(C)C)ccc21.[HH].[HH]. The second-order valence-electron chi connectivity index (χ2n) is 6.41. The molecular weight excluding hydrogens is 249 g/mol. The Bertz CT molecular complexity index is 458. The van der Waals surface area contributed by atoms with Crippen LogP contribution in [0.25, 0.3) is 0 Å². The molecule has 1 heterocycles. The van der Waals surface area contributed by atoms with Gasteiger partial charge < -0.3 is 15.0 Å². The van der Waals surface area contributed by atoms with E-state index in [1.54, 1.807) is 0 Å². The molecule has 1 aromatic carbocycles. The van der Waals surface area contributed by atoms with Crippen molar-refractivity contribution in [2.24, 2.45) is 5.92 Å². The molecule has 0 fully saturated rings. The van der Waals surface area contributed by atoms with Crippen LogP contribution in [-0.2, 0) is 4.65 Å². The molecule has 2 rings (SSSR count). The molecule has 0 saturated heterocycles. The molecule has 1 atom stereocenters. The minimum atomic E-state index is -0.777. The maximum atomic E-state index is 10.1. The lowest BCUT2D eigenvalue weighted by atomic mass is 9.77. The van der Waals surface area contributed by atoms with Gasteiger partial charge in [0.2, 0.25) is 0 Å². The van der Waals surface area contributed by atoms with Gasteiger partial charge in [0.1, 0.15) is 0 Å². The maximum absolute atomic E-state index is 10.1. The van der Waals surface area contributed by atoms with Gasteiger partial charge in [-0.1, -0.05) is 45.9 Å². The van der Waals surface area contributed by atoms with Crippen molar-refractivity contribution in [3.63, 3.8) is 0 Å². The molecular formula is C16H30BNO2. The van der Waals surface area contributed by atoms with Gasteiger partial charge in [-0.05, 0) is 41.4 Å². The lowest BCUT2D eigenvalue weighted by Crippen LogP contribution is -2.28. The number of rotatable bonds is 6. The molecule has 0 amide bonds. The fourth-order valence-electron chi connectivity index (χ4n) is 2.54. The zero-order valence-electron chi connectivity index (χ0n) is 13.0. The lowest BCUT2D eigenvalue weighted by Gasteiger charge is -2.14. The Hall–Kier alpha value is -0.835. The second kappa shape index (κ2) is 6.75. The Labute approximate surface area is 125 Å². The van der Waals surface area contributed by atoms with Gasteiger partial charge in [0.15, 0.2) is 0 Å². The summed E-state index contributed by atoms with van der Waals surface area (Å²) in [5.74, 6) is 1.18. The van der Waals surface area contributed by atoms with Crippen molar-refractivity contribution in [2.45, 2.75) is 46.1 Å². The van der Waals surface area contributed by atoms with E-state index in [0.29, 0.717) is 11.8 Å². The summed E-state index contributed by atoms with van der Waals surface area (Å²) in [7, 11) is -0.777. The molecule has 1 aliphatic heterocycles. The molecule has 0 bridgehead atoms. The van der Waals surface area contributed by atoms with Crippen LogP contribution in [0, 0.1) is 5.92 Å². The first-order valence-corrected chi connectivity index (χ1v) is 7.67. The van der Waals surface area contributed by atoms with Gasteiger partial charge in [0.05, 0.1) is 6.10 Å². The van der Waals surface area contributed by atoms with Crippen LogP contribution in [0.5, 0.6) is 0 Å². The van der Waals surface area contributed by atoms with Gasteiger partial charge >= 0.3 is 7.12 Å². The Kier molecular flexibility index (Phi) is 5.25. The van der Waals surface area contributed by atoms with Crippen molar-refractivity contribution in [2.75, 3.05) is 13.1 Å². The van der Waals surface area contributed by atoms with Crippen molar-refractivity contribution < 1.29 is 12.5 Å². The molecule has 20 heavy (non-hydrogen) atoms. The normalized spacial score (nSPS) is 18.1. The van der Waals surface area contributed by atoms with Gasteiger partial charge in [-0.3, -0.25) is 0 Å². The molecule has 1 aliphatic rings. The first-order valence-electron chi connectivity index (χ1n) is 7.67. The number of benzene rings is 1. The Balaban J connectivity index is 0.00000220. The lowest BCUT2D eigenvalue weighted by molar-refractivity contribution is 0.186. The third kappa shape index (κ3) is 3.63. The summed E-state index contributed by atoms with van der Waals surface area (Å²) < 4.78 is 5.67. The highest BCUT2D eigenvalue weighted by molar-refractivity contribution is 6.61. The van der Waals surface area contributed by atoms with Crippen LogP contribution in [0.4, 0.5) is 0 Å². The van der Waals surface area contributed by atoms with Crippen LogP contribution >= 0.6 is 0 Å². The molecule has 2 N–H and O–H groups in total. The zero-order valence-corrected chi connectivity index (χ0v) is 13.0. The first kappa shape index (κ1) is 15.6. The first-order chi connectivity index (χ1) is 9.49. The Morgan fingerprint density at radius 2 is 2.10 bits per heavy atom. The average Bonchev–Trinajstić information content (AvgIpc) is 2.71. The van der Waals surface area contributed by atoms with E-state index in [2.05, 4.69) is 51.2 Å². The average molecular weight is 279 g/mol. The van der Waals surface area contributed by atoms with E-state index in [1.165, 1.54) is 5.56 Å². The quantitative estimate of drug-likeness (QED) is 0.621. The fourth-order valence-corrected chi connectivity index (χ4v) is 2.54. The van der Waals surface area contributed by atoms with Gasteiger partial charge in [0, 0.05) is 9.40 Å². The van der Waals surface area contributed by atoms with Gasteiger partial charge in [-0.25, -0.2) is 0 Å². The van der Waals surface area contributed by atoms with Crippen LogP contribution in [0.2, 0.25) is 0 Å². The summed E-state index contributed by atoms with van der Waals surface area (Å²) in [5, 5.41) is 13.5. The second-order valence-corrected chi connectivity index (χ2v) is 6.41. The summed E-state index contributed by atoms with van der Waals surface area (Å²) in [6.07, 6.45) is 1.13. The summed E-state index contributed by atoms with van der Waals surface area (Å²) >= 11 is 0. The minimum Gasteiger partial charge on any atom is -0.423 e.